The van der Waals surface area contributed by atoms with Gasteiger partial charge in [0.1, 0.15) is 5.75 Å². The number of carbonyl (C=O) groups is 1. The SMILES string of the molecule is CC(O)CNC(=O)c1ccncc1O. The average Bonchev–Trinajstić information content (AvgIpc) is 2.15. The molecule has 5 heteroatoms. The van der Waals surface area contributed by atoms with E-state index in [0.717, 1.165) is 0 Å². The van der Waals surface area contributed by atoms with Crippen LogP contribution in [0, 0.1) is 0 Å². The molecule has 0 spiro atoms. The highest BCUT2D eigenvalue weighted by Crippen LogP contribution is 2.12. The minimum Gasteiger partial charge on any atom is -0.505 e. The monoisotopic (exact) mass is 196 g/mol. The lowest BCUT2D eigenvalue weighted by Crippen LogP contribution is -2.30. The van der Waals surface area contributed by atoms with Gasteiger partial charge in [0.25, 0.3) is 5.91 Å². The van der Waals surface area contributed by atoms with E-state index >= 15 is 0 Å². The number of aromatic hydroxyl groups is 1. The van der Waals surface area contributed by atoms with Crippen molar-refractivity contribution in [3.05, 3.63) is 24.0 Å². The molecule has 1 rings (SSSR count). The number of carbonyl (C=O) groups excluding carboxylic acids is 1. The van der Waals surface area contributed by atoms with Gasteiger partial charge in [-0.15, -0.1) is 0 Å². The number of hydrogen-bond donors (Lipinski definition) is 3. The van der Waals surface area contributed by atoms with E-state index in [1.165, 1.54) is 18.5 Å². The summed E-state index contributed by atoms with van der Waals surface area (Å²) in [5.41, 5.74) is 0.153. The van der Waals surface area contributed by atoms with Gasteiger partial charge in [-0.3, -0.25) is 9.78 Å². The molecule has 0 aromatic carbocycles. The zero-order chi connectivity index (χ0) is 10.6. The van der Waals surface area contributed by atoms with Crippen molar-refractivity contribution in [1.29, 1.82) is 0 Å². The van der Waals surface area contributed by atoms with E-state index in [-0.39, 0.29) is 17.9 Å². The van der Waals surface area contributed by atoms with E-state index in [9.17, 15) is 9.90 Å². The van der Waals surface area contributed by atoms with Crippen molar-refractivity contribution in [3.63, 3.8) is 0 Å². The number of amides is 1. The first-order valence-corrected chi connectivity index (χ1v) is 4.20. The Bertz CT molecular complexity index is 326. The number of rotatable bonds is 3. The maximum atomic E-state index is 11.4. The Morgan fingerprint density at radius 1 is 1.71 bits per heavy atom. The minimum atomic E-state index is -0.608. The van der Waals surface area contributed by atoms with Crippen molar-refractivity contribution in [2.75, 3.05) is 6.54 Å². The molecule has 0 bridgehead atoms. The fraction of sp³-hybridized carbons (Fsp3) is 0.333. The third-order valence-corrected chi connectivity index (χ3v) is 1.60. The molecule has 1 heterocycles. The fourth-order valence-electron chi connectivity index (χ4n) is 0.914. The molecule has 5 nitrogen and oxygen atoms in total. The maximum Gasteiger partial charge on any atom is 0.255 e. The second kappa shape index (κ2) is 4.57. The summed E-state index contributed by atoms with van der Waals surface area (Å²) in [6.07, 6.45) is 2.00. The molecule has 0 radical (unpaired) electrons. The minimum absolute atomic E-state index is 0.153. The summed E-state index contributed by atoms with van der Waals surface area (Å²) in [6, 6.07) is 1.41. The Balaban J connectivity index is 2.65. The predicted molar refractivity (Wildman–Crippen MR) is 49.9 cm³/mol. The van der Waals surface area contributed by atoms with Crippen LogP contribution in [0.2, 0.25) is 0 Å². The van der Waals surface area contributed by atoms with E-state index in [1.807, 2.05) is 0 Å². The molecule has 1 atom stereocenters. The highest BCUT2D eigenvalue weighted by Gasteiger charge is 2.10. The number of hydrogen-bond acceptors (Lipinski definition) is 4. The van der Waals surface area contributed by atoms with Crippen molar-refractivity contribution in [1.82, 2.24) is 10.3 Å². The van der Waals surface area contributed by atoms with Gasteiger partial charge in [-0.05, 0) is 13.0 Å². The van der Waals surface area contributed by atoms with Crippen LogP contribution >= 0.6 is 0 Å². The Labute approximate surface area is 81.4 Å². The number of aliphatic hydroxyl groups excluding tert-OH is 1. The first kappa shape index (κ1) is 10.5. The van der Waals surface area contributed by atoms with Crippen molar-refractivity contribution in [2.45, 2.75) is 13.0 Å². The van der Waals surface area contributed by atoms with Crippen LogP contribution in [0.5, 0.6) is 5.75 Å². The Morgan fingerprint density at radius 2 is 2.43 bits per heavy atom. The number of nitrogens with zero attached hydrogens (tertiary/aromatic N) is 1. The van der Waals surface area contributed by atoms with Gasteiger partial charge in [-0.2, -0.15) is 0 Å². The smallest absolute Gasteiger partial charge is 0.255 e. The van der Waals surface area contributed by atoms with E-state index in [4.69, 9.17) is 5.11 Å². The molecule has 3 N–H and O–H groups in total. The molecule has 0 fully saturated rings. The number of aliphatic hydroxyl groups is 1. The number of aromatic nitrogens is 1. The maximum absolute atomic E-state index is 11.4. The van der Waals surface area contributed by atoms with Gasteiger partial charge in [-0.1, -0.05) is 0 Å². The van der Waals surface area contributed by atoms with E-state index in [1.54, 1.807) is 6.92 Å². The summed E-state index contributed by atoms with van der Waals surface area (Å²) in [5, 5.41) is 20.7. The summed E-state index contributed by atoms with van der Waals surface area (Å²) in [6.45, 7) is 1.72. The van der Waals surface area contributed by atoms with Gasteiger partial charge in [0.15, 0.2) is 0 Å². The zero-order valence-electron chi connectivity index (χ0n) is 7.77. The van der Waals surface area contributed by atoms with Crippen molar-refractivity contribution >= 4 is 5.91 Å². The molecule has 1 aromatic heterocycles. The molecular formula is C9H12N2O3. The molecule has 0 aliphatic carbocycles. The molecule has 0 aliphatic heterocycles. The van der Waals surface area contributed by atoms with Crippen molar-refractivity contribution < 1.29 is 15.0 Å². The Hall–Kier alpha value is -1.62. The second-order valence-corrected chi connectivity index (χ2v) is 2.95. The van der Waals surface area contributed by atoms with Gasteiger partial charge in [0.05, 0.1) is 17.9 Å². The third-order valence-electron chi connectivity index (χ3n) is 1.60. The first-order chi connectivity index (χ1) is 6.61. The van der Waals surface area contributed by atoms with Gasteiger partial charge < -0.3 is 15.5 Å². The number of nitrogens with one attached hydrogen (secondary N) is 1. The van der Waals surface area contributed by atoms with E-state index in [2.05, 4.69) is 10.3 Å². The lowest BCUT2D eigenvalue weighted by Gasteiger charge is -2.07. The lowest BCUT2D eigenvalue weighted by atomic mass is 10.2. The van der Waals surface area contributed by atoms with Gasteiger partial charge >= 0.3 is 0 Å². The molecule has 0 saturated carbocycles. The molecule has 0 aliphatic rings. The molecule has 1 unspecified atom stereocenters. The van der Waals surface area contributed by atoms with E-state index in [0.29, 0.717) is 0 Å². The number of pyridine rings is 1. The Morgan fingerprint density at radius 3 is 3.00 bits per heavy atom. The molecule has 1 amide bonds. The van der Waals surface area contributed by atoms with Crippen LogP contribution in [0.1, 0.15) is 17.3 Å². The van der Waals surface area contributed by atoms with E-state index < -0.39 is 12.0 Å². The van der Waals surface area contributed by atoms with Crippen molar-refractivity contribution in [2.24, 2.45) is 0 Å². The largest absolute Gasteiger partial charge is 0.505 e. The van der Waals surface area contributed by atoms with Gasteiger partial charge in [0.2, 0.25) is 0 Å². The summed E-state index contributed by atoms with van der Waals surface area (Å²) in [7, 11) is 0. The van der Waals surface area contributed by atoms with Gasteiger partial charge in [0, 0.05) is 12.7 Å². The predicted octanol–water partition coefficient (Wildman–Crippen LogP) is -0.102. The zero-order valence-corrected chi connectivity index (χ0v) is 7.77. The molecule has 14 heavy (non-hydrogen) atoms. The van der Waals surface area contributed by atoms with Gasteiger partial charge in [-0.25, -0.2) is 0 Å². The average molecular weight is 196 g/mol. The second-order valence-electron chi connectivity index (χ2n) is 2.95. The van der Waals surface area contributed by atoms with Crippen LogP contribution in [0.3, 0.4) is 0 Å². The summed E-state index contributed by atoms with van der Waals surface area (Å²) >= 11 is 0. The van der Waals surface area contributed by atoms with Crippen LogP contribution in [0.4, 0.5) is 0 Å². The quantitative estimate of drug-likeness (QED) is 0.630. The van der Waals surface area contributed by atoms with Crippen LogP contribution in [0.15, 0.2) is 18.5 Å². The highest BCUT2D eigenvalue weighted by atomic mass is 16.3. The molecule has 1 aromatic rings. The lowest BCUT2D eigenvalue weighted by molar-refractivity contribution is 0.0921. The van der Waals surface area contributed by atoms with Crippen molar-refractivity contribution in [3.8, 4) is 5.75 Å². The molecule has 76 valence electrons. The summed E-state index contributed by atoms with van der Waals surface area (Å²) in [4.78, 5) is 15.0. The third kappa shape index (κ3) is 2.70. The van der Waals surface area contributed by atoms with Crippen LogP contribution in [0.25, 0.3) is 0 Å². The van der Waals surface area contributed by atoms with Crippen LogP contribution in [-0.4, -0.2) is 33.8 Å². The first-order valence-electron chi connectivity index (χ1n) is 4.20. The Kier molecular flexibility index (Phi) is 3.41. The fourth-order valence-corrected chi connectivity index (χ4v) is 0.914. The summed E-state index contributed by atoms with van der Waals surface area (Å²) in [5.74, 6) is -0.596. The van der Waals surface area contributed by atoms with Crippen LogP contribution in [-0.2, 0) is 0 Å². The normalized spacial score (nSPS) is 12.1. The summed E-state index contributed by atoms with van der Waals surface area (Å²) < 4.78 is 0. The topological polar surface area (TPSA) is 82.5 Å². The van der Waals surface area contributed by atoms with Crippen LogP contribution < -0.4 is 5.32 Å². The molecule has 0 saturated heterocycles. The molecular weight excluding hydrogens is 184 g/mol. The highest BCUT2D eigenvalue weighted by molar-refractivity contribution is 5.96. The standard InChI is InChI=1S/C9H12N2O3/c1-6(12)4-11-9(14)7-2-3-10-5-8(7)13/h2-3,5-6,12-13H,4H2,1H3,(H,11,14).